The van der Waals surface area contributed by atoms with Crippen LogP contribution in [0.1, 0.15) is 12.5 Å². The highest BCUT2D eigenvalue weighted by Gasteiger charge is 2.11. The average Bonchev–Trinajstić information content (AvgIpc) is 2.29. The third-order valence-electron chi connectivity index (χ3n) is 2.21. The van der Waals surface area contributed by atoms with Gasteiger partial charge in [-0.2, -0.15) is 0 Å². The minimum Gasteiger partial charge on any atom is -0.338 e. The maximum atomic E-state index is 11.4. The van der Waals surface area contributed by atoms with Crippen molar-refractivity contribution in [3.63, 3.8) is 0 Å². The summed E-state index contributed by atoms with van der Waals surface area (Å²) >= 11 is 17.2. The smallest absolute Gasteiger partial charge is 0.237 e. The van der Waals surface area contributed by atoms with Gasteiger partial charge in [0.15, 0.2) is 0 Å². The van der Waals surface area contributed by atoms with Gasteiger partial charge in [-0.25, -0.2) is 0 Å². The van der Waals surface area contributed by atoms with E-state index in [1.165, 1.54) is 0 Å². The molecule has 0 radical (unpaired) electrons. The molecule has 2 nitrogen and oxygen atoms in total. The van der Waals surface area contributed by atoms with Crippen molar-refractivity contribution >= 4 is 40.7 Å². The second kappa shape index (κ2) is 6.33. The van der Waals surface area contributed by atoms with Gasteiger partial charge in [-0.15, -0.1) is 11.6 Å². The van der Waals surface area contributed by atoms with Crippen LogP contribution in [0.25, 0.3) is 0 Å². The summed E-state index contributed by atoms with van der Waals surface area (Å²) in [5, 5.41) is 1.01. The van der Waals surface area contributed by atoms with Crippen molar-refractivity contribution in [1.82, 2.24) is 4.90 Å². The zero-order valence-electron chi connectivity index (χ0n) is 8.84. The van der Waals surface area contributed by atoms with Crippen LogP contribution in [0.15, 0.2) is 18.2 Å². The number of amides is 1. The fourth-order valence-electron chi connectivity index (χ4n) is 1.32. The van der Waals surface area contributed by atoms with E-state index in [1.54, 1.807) is 17.0 Å². The number of halogens is 3. The molecule has 0 atom stereocenters. The van der Waals surface area contributed by atoms with E-state index in [2.05, 4.69) is 0 Å². The van der Waals surface area contributed by atoms with E-state index >= 15 is 0 Å². The second-order valence-electron chi connectivity index (χ2n) is 3.29. The van der Waals surface area contributed by atoms with Gasteiger partial charge >= 0.3 is 0 Å². The fraction of sp³-hybridized carbons (Fsp3) is 0.364. The minimum atomic E-state index is -0.0877. The summed E-state index contributed by atoms with van der Waals surface area (Å²) in [4.78, 5) is 13.1. The van der Waals surface area contributed by atoms with Crippen LogP contribution in [0.5, 0.6) is 0 Å². The highest BCUT2D eigenvalue weighted by atomic mass is 35.5. The van der Waals surface area contributed by atoms with Gasteiger partial charge in [-0.05, 0) is 24.6 Å². The van der Waals surface area contributed by atoms with Gasteiger partial charge in [-0.3, -0.25) is 4.79 Å². The molecule has 0 N–H and O–H groups in total. The van der Waals surface area contributed by atoms with Crippen LogP contribution in [0.4, 0.5) is 0 Å². The van der Waals surface area contributed by atoms with Crippen molar-refractivity contribution in [1.29, 1.82) is 0 Å². The molecule has 16 heavy (non-hydrogen) atoms. The second-order valence-corrected chi connectivity index (χ2v) is 4.37. The third-order valence-corrected chi connectivity index (χ3v) is 3.17. The predicted octanol–water partition coefficient (Wildman–Crippen LogP) is 3.58. The third kappa shape index (κ3) is 3.55. The Bertz CT molecular complexity index is 381. The first-order valence-electron chi connectivity index (χ1n) is 4.86. The summed E-state index contributed by atoms with van der Waals surface area (Å²) in [6, 6.07) is 5.32. The monoisotopic (exact) mass is 279 g/mol. The molecule has 0 fully saturated rings. The van der Waals surface area contributed by atoms with Gasteiger partial charge in [0.05, 0.1) is 10.0 Å². The van der Waals surface area contributed by atoms with E-state index in [-0.39, 0.29) is 11.8 Å². The molecule has 0 spiro atoms. The number of carbonyl (C=O) groups is 1. The molecule has 0 aliphatic carbocycles. The van der Waals surface area contributed by atoms with Crippen molar-refractivity contribution < 1.29 is 4.79 Å². The zero-order valence-corrected chi connectivity index (χ0v) is 11.1. The largest absolute Gasteiger partial charge is 0.338 e. The van der Waals surface area contributed by atoms with Gasteiger partial charge in [0.1, 0.15) is 5.88 Å². The van der Waals surface area contributed by atoms with Crippen molar-refractivity contribution in [3.8, 4) is 0 Å². The van der Waals surface area contributed by atoms with Crippen molar-refractivity contribution in [2.24, 2.45) is 0 Å². The van der Waals surface area contributed by atoms with Crippen LogP contribution >= 0.6 is 34.8 Å². The number of benzene rings is 1. The molecule has 5 heteroatoms. The summed E-state index contributed by atoms with van der Waals surface area (Å²) in [5.41, 5.74) is 0.940. The first-order chi connectivity index (χ1) is 7.58. The van der Waals surface area contributed by atoms with E-state index in [9.17, 15) is 4.79 Å². The molecule has 0 aliphatic heterocycles. The Labute approximate surface area is 110 Å². The number of hydrogen-bond donors (Lipinski definition) is 0. The summed E-state index contributed by atoms with van der Waals surface area (Å²) in [5.74, 6) is -0.0925. The minimum absolute atomic E-state index is 0.00480. The lowest BCUT2D eigenvalue weighted by Crippen LogP contribution is -2.31. The van der Waals surface area contributed by atoms with Crippen LogP contribution in [-0.2, 0) is 11.3 Å². The molecule has 0 aromatic heterocycles. The Balaban J connectivity index is 2.78. The number of nitrogens with zero attached hydrogens (tertiary/aromatic N) is 1. The summed E-state index contributed by atoms with van der Waals surface area (Å²) in [6.07, 6.45) is 0. The van der Waals surface area contributed by atoms with Crippen LogP contribution in [-0.4, -0.2) is 23.2 Å². The molecule has 0 aliphatic rings. The summed E-state index contributed by atoms with van der Waals surface area (Å²) in [7, 11) is 0. The number of hydrogen-bond acceptors (Lipinski definition) is 1. The van der Waals surface area contributed by atoms with Crippen molar-refractivity contribution in [2.45, 2.75) is 13.5 Å². The Hall–Kier alpha value is -0.440. The predicted molar refractivity (Wildman–Crippen MR) is 68.3 cm³/mol. The van der Waals surface area contributed by atoms with E-state index < -0.39 is 0 Å². The van der Waals surface area contributed by atoms with Gasteiger partial charge in [-0.1, -0.05) is 29.3 Å². The Kier molecular flexibility index (Phi) is 5.39. The molecule has 0 bridgehead atoms. The van der Waals surface area contributed by atoms with E-state index in [0.717, 1.165) is 5.56 Å². The molecule has 1 aromatic carbocycles. The Morgan fingerprint density at radius 2 is 2.00 bits per heavy atom. The molecular formula is C11H12Cl3NO. The SMILES string of the molecule is CCN(Cc1ccc(Cl)c(Cl)c1)C(=O)CCl. The molecule has 0 saturated heterocycles. The lowest BCUT2D eigenvalue weighted by atomic mass is 10.2. The average molecular weight is 281 g/mol. The standard InChI is InChI=1S/C11H12Cl3NO/c1-2-15(11(16)6-12)7-8-3-4-9(13)10(14)5-8/h3-5H,2,6-7H2,1H3. The molecule has 0 unspecified atom stereocenters. The Morgan fingerprint density at radius 1 is 1.31 bits per heavy atom. The van der Waals surface area contributed by atoms with Crippen LogP contribution in [0, 0.1) is 0 Å². The van der Waals surface area contributed by atoms with E-state index in [4.69, 9.17) is 34.8 Å². The van der Waals surface area contributed by atoms with E-state index in [1.807, 2.05) is 13.0 Å². The van der Waals surface area contributed by atoms with Gasteiger partial charge in [0, 0.05) is 13.1 Å². The number of carbonyl (C=O) groups excluding carboxylic acids is 1. The topological polar surface area (TPSA) is 20.3 Å². The molecule has 1 aromatic rings. The van der Waals surface area contributed by atoms with Crippen LogP contribution in [0.3, 0.4) is 0 Å². The molecule has 0 heterocycles. The molecule has 1 rings (SSSR count). The van der Waals surface area contributed by atoms with Crippen molar-refractivity contribution in [2.75, 3.05) is 12.4 Å². The highest BCUT2D eigenvalue weighted by molar-refractivity contribution is 6.42. The van der Waals surface area contributed by atoms with Gasteiger partial charge < -0.3 is 4.90 Å². The lowest BCUT2D eigenvalue weighted by Gasteiger charge is -2.19. The fourth-order valence-corrected chi connectivity index (χ4v) is 1.81. The highest BCUT2D eigenvalue weighted by Crippen LogP contribution is 2.23. The van der Waals surface area contributed by atoms with E-state index in [0.29, 0.717) is 23.1 Å². The summed E-state index contributed by atoms with van der Waals surface area (Å²) < 4.78 is 0. The first kappa shape index (κ1) is 13.6. The molecule has 1 amide bonds. The first-order valence-corrected chi connectivity index (χ1v) is 6.15. The number of rotatable bonds is 4. The Morgan fingerprint density at radius 3 is 2.50 bits per heavy atom. The van der Waals surface area contributed by atoms with Crippen LogP contribution < -0.4 is 0 Å². The molecule has 0 saturated carbocycles. The summed E-state index contributed by atoms with van der Waals surface area (Å²) in [6.45, 7) is 3.02. The number of alkyl halides is 1. The molecule has 88 valence electrons. The van der Waals surface area contributed by atoms with Gasteiger partial charge in [0.2, 0.25) is 5.91 Å². The molecular weight excluding hydrogens is 268 g/mol. The quantitative estimate of drug-likeness (QED) is 0.772. The van der Waals surface area contributed by atoms with Crippen LogP contribution in [0.2, 0.25) is 10.0 Å². The van der Waals surface area contributed by atoms with Crippen molar-refractivity contribution in [3.05, 3.63) is 33.8 Å². The zero-order chi connectivity index (χ0) is 12.1. The maximum Gasteiger partial charge on any atom is 0.237 e. The normalized spacial score (nSPS) is 10.2. The maximum absolute atomic E-state index is 11.4. The lowest BCUT2D eigenvalue weighted by molar-refractivity contribution is -0.128. The van der Waals surface area contributed by atoms with Gasteiger partial charge in [0.25, 0.3) is 0 Å².